The van der Waals surface area contributed by atoms with Gasteiger partial charge in [0.1, 0.15) is 0 Å². The summed E-state index contributed by atoms with van der Waals surface area (Å²) in [6.07, 6.45) is 11.8. The van der Waals surface area contributed by atoms with Gasteiger partial charge in [0.2, 0.25) is 0 Å². The highest BCUT2D eigenvalue weighted by Gasteiger charge is 2.05. The van der Waals surface area contributed by atoms with E-state index in [0.29, 0.717) is 6.04 Å². The Bertz CT molecular complexity index is 712. The molecule has 23 heavy (non-hydrogen) atoms. The van der Waals surface area contributed by atoms with Crippen LogP contribution in [0, 0.1) is 0 Å². The minimum Gasteiger partial charge on any atom is -0.310 e. The number of nitrogens with zero attached hydrogens (tertiary/aromatic N) is 4. The molecule has 2 heterocycles. The van der Waals surface area contributed by atoms with Crippen molar-refractivity contribution in [3.8, 4) is 5.69 Å². The van der Waals surface area contributed by atoms with Crippen LogP contribution in [0.5, 0.6) is 0 Å². The lowest BCUT2D eigenvalue weighted by Gasteiger charge is -2.14. The first-order valence-electron chi connectivity index (χ1n) is 8.01. The third-order valence-corrected chi connectivity index (χ3v) is 4.05. The molecule has 0 spiro atoms. The van der Waals surface area contributed by atoms with Crippen molar-refractivity contribution in [2.75, 3.05) is 6.54 Å². The molecule has 3 aromatic rings. The van der Waals surface area contributed by atoms with Gasteiger partial charge in [0, 0.05) is 37.4 Å². The van der Waals surface area contributed by atoms with E-state index in [2.05, 4.69) is 52.8 Å². The van der Waals surface area contributed by atoms with E-state index in [1.54, 1.807) is 6.20 Å². The summed E-state index contributed by atoms with van der Waals surface area (Å²) in [5.74, 6) is 0. The predicted molar refractivity (Wildman–Crippen MR) is 91.5 cm³/mol. The smallest absolute Gasteiger partial charge is 0.0991 e. The van der Waals surface area contributed by atoms with Crippen molar-refractivity contribution in [2.24, 2.45) is 7.05 Å². The first-order valence-corrected chi connectivity index (χ1v) is 8.01. The van der Waals surface area contributed by atoms with Crippen LogP contribution in [0.25, 0.3) is 5.69 Å². The molecule has 3 rings (SSSR count). The van der Waals surface area contributed by atoms with Crippen LogP contribution in [0.3, 0.4) is 0 Å². The predicted octanol–water partition coefficient (Wildman–Crippen LogP) is 2.89. The van der Waals surface area contributed by atoms with Gasteiger partial charge in [0.15, 0.2) is 0 Å². The molecule has 0 radical (unpaired) electrons. The summed E-state index contributed by atoms with van der Waals surface area (Å²) < 4.78 is 3.86. The van der Waals surface area contributed by atoms with Gasteiger partial charge in [0.25, 0.3) is 0 Å². The molecule has 120 valence electrons. The second kappa shape index (κ2) is 7.24. The van der Waals surface area contributed by atoms with Crippen LogP contribution in [0.2, 0.25) is 0 Å². The first kappa shape index (κ1) is 15.5. The highest BCUT2D eigenvalue weighted by molar-refractivity contribution is 5.35. The van der Waals surface area contributed by atoms with Gasteiger partial charge < -0.3 is 9.88 Å². The Morgan fingerprint density at radius 3 is 2.70 bits per heavy atom. The SMILES string of the molecule is C[C@@H](NCCCc1cnn(C)c1)c1ccc(-n2ccnc2)cc1. The fourth-order valence-corrected chi connectivity index (χ4v) is 2.68. The number of imidazole rings is 1. The molecule has 0 bridgehead atoms. The van der Waals surface area contributed by atoms with E-state index in [1.807, 2.05) is 35.0 Å². The number of nitrogens with one attached hydrogen (secondary N) is 1. The summed E-state index contributed by atoms with van der Waals surface area (Å²) in [6.45, 7) is 3.20. The van der Waals surface area contributed by atoms with Gasteiger partial charge in [-0.15, -0.1) is 0 Å². The molecule has 0 unspecified atom stereocenters. The van der Waals surface area contributed by atoms with E-state index in [1.165, 1.54) is 11.1 Å². The van der Waals surface area contributed by atoms with Gasteiger partial charge in [-0.3, -0.25) is 4.68 Å². The highest BCUT2D eigenvalue weighted by Crippen LogP contribution is 2.15. The third-order valence-electron chi connectivity index (χ3n) is 4.05. The number of aryl methyl sites for hydroxylation is 2. The van der Waals surface area contributed by atoms with E-state index in [-0.39, 0.29) is 0 Å². The summed E-state index contributed by atoms with van der Waals surface area (Å²) in [4.78, 5) is 4.08. The molecular formula is C18H23N5. The van der Waals surface area contributed by atoms with Crippen molar-refractivity contribution in [3.63, 3.8) is 0 Å². The molecule has 0 amide bonds. The van der Waals surface area contributed by atoms with Crippen LogP contribution in [0.15, 0.2) is 55.4 Å². The second-order valence-electron chi connectivity index (χ2n) is 5.86. The van der Waals surface area contributed by atoms with Gasteiger partial charge in [-0.2, -0.15) is 5.10 Å². The minimum atomic E-state index is 0.348. The Kier molecular flexibility index (Phi) is 4.88. The maximum atomic E-state index is 4.20. The van der Waals surface area contributed by atoms with Gasteiger partial charge >= 0.3 is 0 Å². The van der Waals surface area contributed by atoms with Crippen molar-refractivity contribution < 1.29 is 0 Å². The van der Waals surface area contributed by atoms with Gasteiger partial charge in [-0.25, -0.2) is 4.98 Å². The molecule has 2 aromatic heterocycles. The summed E-state index contributed by atoms with van der Waals surface area (Å²) in [5.41, 5.74) is 3.73. The molecule has 0 fully saturated rings. The zero-order valence-corrected chi connectivity index (χ0v) is 13.7. The number of benzene rings is 1. The van der Waals surface area contributed by atoms with E-state index >= 15 is 0 Å². The summed E-state index contributed by atoms with van der Waals surface area (Å²) in [7, 11) is 1.96. The Labute approximate surface area is 137 Å². The third kappa shape index (κ3) is 4.07. The van der Waals surface area contributed by atoms with E-state index in [0.717, 1.165) is 25.1 Å². The summed E-state index contributed by atoms with van der Waals surface area (Å²) >= 11 is 0. The van der Waals surface area contributed by atoms with Crippen LogP contribution in [-0.2, 0) is 13.5 Å². The number of hydrogen-bond acceptors (Lipinski definition) is 3. The lowest BCUT2D eigenvalue weighted by Crippen LogP contribution is -2.20. The first-order chi connectivity index (χ1) is 11.2. The van der Waals surface area contributed by atoms with Crippen molar-refractivity contribution in [1.29, 1.82) is 0 Å². The lowest BCUT2D eigenvalue weighted by atomic mass is 10.1. The van der Waals surface area contributed by atoms with E-state index in [4.69, 9.17) is 0 Å². The fourth-order valence-electron chi connectivity index (χ4n) is 2.68. The molecular weight excluding hydrogens is 286 g/mol. The normalized spacial score (nSPS) is 12.4. The fraction of sp³-hybridized carbons (Fsp3) is 0.333. The van der Waals surface area contributed by atoms with Crippen LogP contribution < -0.4 is 5.32 Å². The summed E-state index contributed by atoms with van der Waals surface area (Å²) in [6, 6.07) is 8.96. The van der Waals surface area contributed by atoms with E-state index in [9.17, 15) is 0 Å². The Morgan fingerprint density at radius 1 is 1.22 bits per heavy atom. The van der Waals surface area contributed by atoms with Crippen molar-refractivity contribution in [2.45, 2.75) is 25.8 Å². The largest absolute Gasteiger partial charge is 0.310 e. The molecule has 1 atom stereocenters. The zero-order chi connectivity index (χ0) is 16.1. The molecule has 0 aliphatic carbocycles. The maximum absolute atomic E-state index is 4.20. The number of aromatic nitrogens is 4. The molecule has 0 aliphatic rings. The Hall–Kier alpha value is -2.40. The quantitative estimate of drug-likeness (QED) is 0.683. The maximum Gasteiger partial charge on any atom is 0.0991 e. The highest BCUT2D eigenvalue weighted by atomic mass is 15.2. The minimum absolute atomic E-state index is 0.348. The Balaban J connectivity index is 1.47. The molecule has 5 nitrogen and oxygen atoms in total. The van der Waals surface area contributed by atoms with E-state index < -0.39 is 0 Å². The van der Waals surface area contributed by atoms with Gasteiger partial charge in [-0.05, 0) is 49.6 Å². The lowest BCUT2D eigenvalue weighted by molar-refractivity contribution is 0.558. The van der Waals surface area contributed by atoms with Crippen LogP contribution >= 0.6 is 0 Å². The van der Waals surface area contributed by atoms with Crippen molar-refractivity contribution in [1.82, 2.24) is 24.6 Å². The van der Waals surface area contributed by atoms with Crippen molar-refractivity contribution in [3.05, 3.63) is 66.5 Å². The van der Waals surface area contributed by atoms with Gasteiger partial charge in [-0.1, -0.05) is 12.1 Å². The van der Waals surface area contributed by atoms with Crippen molar-refractivity contribution >= 4 is 0 Å². The monoisotopic (exact) mass is 309 g/mol. The molecule has 0 saturated heterocycles. The molecule has 1 aromatic carbocycles. The second-order valence-corrected chi connectivity index (χ2v) is 5.86. The molecule has 0 aliphatic heterocycles. The average Bonchev–Trinajstić information content (AvgIpc) is 3.23. The topological polar surface area (TPSA) is 47.7 Å². The van der Waals surface area contributed by atoms with Crippen LogP contribution in [0.1, 0.15) is 30.5 Å². The number of hydrogen-bond donors (Lipinski definition) is 1. The van der Waals surface area contributed by atoms with Gasteiger partial charge in [0.05, 0.1) is 12.5 Å². The molecule has 5 heteroatoms. The van der Waals surface area contributed by atoms with Crippen LogP contribution in [0.4, 0.5) is 0 Å². The number of rotatable bonds is 7. The average molecular weight is 309 g/mol. The summed E-state index contributed by atoms with van der Waals surface area (Å²) in [5, 5.41) is 7.78. The zero-order valence-electron chi connectivity index (χ0n) is 13.7. The molecule has 0 saturated carbocycles. The van der Waals surface area contributed by atoms with Crippen LogP contribution in [-0.4, -0.2) is 25.9 Å². The standard InChI is InChI=1S/C18H23N5/c1-15(20-9-3-4-16-12-21-22(2)13-16)17-5-7-18(8-6-17)23-11-10-19-14-23/h5-8,10-15,20H,3-4,9H2,1-2H3/t15-/m1/s1. The Morgan fingerprint density at radius 2 is 2.04 bits per heavy atom. The molecule has 1 N–H and O–H groups in total.